The second-order valence-electron chi connectivity index (χ2n) is 7.98. The van der Waals surface area contributed by atoms with E-state index in [1.165, 1.54) is 37.5 Å². The molecule has 1 aromatic carbocycles. The number of amides is 2. The van der Waals surface area contributed by atoms with Gasteiger partial charge in [0.25, 0.3) is 11.8 Å². The fourth-order valence-electron chi connectivity index (χ4n) is 3.53. The highest BCUT2D eigenvalue weighted by Gasteiger charge is 2.19. The van der Waals surface area contributed by atoms with Crippen LogP contribution in [0.3, 0.4) is 0 Å². The van der Waals surface area contributed by atoms with E-state index in [9.17, 15) is 14.4 Å². The topological polar surface area (TPSA) is 138 Å². The van der Waals surface area contributed by atoms with Gasteiger partial charge in [0.2, 0.25) is 0 Å². The molecule has 3 heterocycles. The molecule has 0 radical (unpaired) electrons. The number of ketones is 1. The maximum atomic E-state index is 13.0. The van der Waals surface area contributed by atoms with Crippen molar-refractivity contribution in [1.82, 2.24) is 25.6 Å². The minimum Gasteiger partial charge on any atom is -0.320 e. The van der Waals surface area contributed by atoms with Crippen molar-refractivity contribution in [1.29, 1.82) is 0 Å². The van der Waals surface area contributed by atoms with Crippen LogP contribution in [0, 0.1) is 0 Å². The van der Waals surface area contributed by atoms with Gasteiger partial charge in [-0.1, -0.05) is 11.6 Å². The zero-order valence-electron chi connectivity index (χ0n) is 19.0. The first-order chi connectivity index (χ1) is 16.9. The minimum absolute atomic E-state index is 0.0120. The van der Waals surface area contributed by atoms with Gasteiger partial charge in [-0.05, 0) is 56.8 Å². The second kappa shape index (κ2) is 11.1. The third-order valence-electron chi connectivity index (χ3n) is 5.42. The Kier molecular flexibility index (Phi) is 7.76. The monoisotopic (exact) mass is 493 g/mol. The predicted octanol–water partition coefficient (Wildman–Crippen LogP) is 2.86. The zero-order valence-corrected chi connectivity index (χ0v) is 19.7. The lowest BCUT2D eigenvalue weighted by Crippen LogP contribution is -2.28. The van der Waals surface area contributed by atoms with Gasteiger partial charge in [-0.25, -0.2) is 9.97 Å². The molecule has 1 aliphatic heterocycles. The van der Waals surface area contributed by atoms with Crippen molar-refractivity contribution in [3.8, 4) is 0 Å². The van der Waals surface area contributed by atoms with Crippen molar-refractivity contribution in [2.45, 2.75) is 19.4 Å². The molecule has 11 heteroatoms. The Morgan fingerprint density at radius 3 is 2.54 bits per heavy atom. The van der Waals surface area contributed by atoms with E-state index < -0.39 is 11.8 Å². The molecule has 1 fully saturated rings. The van der Waals surface area contributed by atoms with E-state index >= 15 is 0 Å². The maximum absolute atomic E-state index is 13.0. The van der Waals surface area contributed by atoms with Crippen LogP contribution < -0.4 is 21.3 Å². The van der Waals surface area contributed by atoms with Gasteiger partial charge < -0.3 is 21.3 Å². The molecule has 10 nitrogen and oxygen atoms in total. The number of nitrogens with zero attached hydrogens (tertiary/aromatic N) is 3. The molecule has 180 valence electrons. The van der Waals surface area contributed by atoms with Crippen LogP contribution in [0.25, 0.3) is 0 Å². The molecule has 4 N–H and O–H groups in total. The Labute approximate surface area is 206 Å². The first-order valence-electron chi connectivity index (χ1n) is 11.1. The molecule has 1 saturated heterocycles. The lowest BCUT2D eigenvalue weighted by molar-refractivity contribution is 0.101. The summed E-state index contributed by atoms with van der Waals surface area (Å²) in [4.78, 5) is 50.4. The Morgan fingerprint density at radius 1 is 0.971 bits per heavy atom. The van der Waals surface area contributed by atoms with E-state index in [-0.39, 0.29) is 34.6 Å². The molecular formula is C24H24ClN7O3. The molecule has 0 bridgehead atoms. The normalized spacial score (nSPS) is 15.7. The van der Waals surface area contributed by atoms with Gasteiger partial charge in [-0.2, -0.15) is 0 Å². The number of Topliss-reactive ketones (excluding diaryl/α,β-unsaturated/α-hetero) is 1. The van der Waals surface area contributed by atoms with E-state index in [1.54, 1.807) is 18.3 Å². The molecule has 1 unspecified atom stereocenters. The summed E-state index contributed by atoms with van der Waals surface area (Å²) in [6, 6.07) is 7.60. The average molecular weight is 494 g/mol. The van der Waals surface area contributed by atoms with Gasteiger partial charge in [0, 0.05) is 18.3 Å². The van der Waals surface area contributed by atoms with Crippen molar-refractivity contribution in [2.24, 2.45) is 0 Å². The summed E-state index contributed by atoms with van der Waals surface area (Å²) >= 11 is 5.84. The van der Waals surface area contributed by atoms with E-state index in [0.717, 1.165) is 31.7 Å². The minimum atomic E-state index is -0.549. The highest BCUT2D eigenvalue weighted by Crippen LogP contribution is 2.21. The third-order valence-corrected chi connectivity index (χ3v) is 5.64. The highest BCUT2D eigenvalue weighted by molar-refractivity contribution is 6.30. The Morgan fingerprint density at radius 2 is 1.83 bits per heavy atom. The van der Waals surface area contributed by atoms with Crippen LogP contribution in [0.15, 0.2) is 48.9 Å². The van der Waals surface area contributed by atoms with E-state index in [1.807, 2.05) is 0 Å². The van der Waals surface area contributed by atoms with Gasteiger partial charge >= 0.3 is 0 Å². The maximum Gasteiger partial charge on any atom is 0.275 e. The standard InChI is InChI=1S/C24H24ClN7O3/c1-14(33)15-3-5-18(17(9-15)23(34)32-22-6-4-16(25)10-30-22)31-24(35)21-13-28-20(12-29-21)19-11-26-7-2-8-27-19/h3-6,9-10,12-13,19,26-27H,2,7-8,11H2,1H3,(H,31,35)(H,30,32,34). The summed E-state index contributed by atoms with van der Waals surface area (Å²) in [6.07, 6.45) is 5.39. The van der Waals surface area contributed by atoms with E-state index in [2.05, 4.69) is 36.2 Å². The number of halogens is 1. The largest absolute Gasteiger partial charge is 0.320 e. The Balaban J connectivity index is 1.53. The smallest absolute Gasteiger partial charge is 0.275 e. The molecule has 2 aromatic heterocycles. The number of hydrogen-bond acceptors (Lipinski definition) is 8. The first-order valence-corrected chi connectivity index (χ1v) is 11.4. The van der Waals surface area contributed by atoms with Crippen LogP contribution >= 0.6 is 11.6 Å². The summed E-state index contributed by atoms with van der Waals surface area (Å²) in [6.45, 7) is 3.92. The summed E-state index contributed by atoms with van der Waals surface area (Å²) < 4.78 is 0. The Bertz CT molecular complexity index is 1220. The number of carbonyl (C=O) groups is 3. The van der Waals surface area contributed by atoms with Crippen LogP contribution in [0.2, 0.25) is 5.02 Å². The lowest BCUT2D eigenvalue weighted by Gasteiger charge is -2.15. The molecule has 0 saturated carbocycles. The molecule has 3 aromatic rings. The summed E-state index contributed by atoms with van der Waals surface area (Å²) in [5, 5.41) is 12.5. The van der Waals surface area contributed by atoms with Crippen molar-refractivity contribution < 1.29 is 14.4 Å². The quantitative estimate of drug-likeness (QED) is 0.384. The van der Waals surface area contributed by atoms with Gasteiger partial charge in [0.05, 0.1) is 40.4 Å². The van der Waals surface area contributed by atoms with Gasteiger partial charge in [-0.3, -0.25) is 19.4 Å². The second-order valence-corrected chi connectivity index (χ2v) is 8.41. The Hall–Kier alpha value is -3.73. The van der Waals surface area contributed by atoms with E-state index in [4.69, 9.17) is 11.6 Å². The number of anilines is 2. The fraction of sp³-hybridized carbons (Fsp3) is 0.250. The molecule has 4 rings (SSSR count). The van der Waals surface area contributed by atoms with Crippen LogP contribution in [-0.4, -0.2) is 52.2 Å². The van der Waals surface area contributed by atoms with Gasteiger partial charge in [0.15, 0.2) is 5.78 Å². The number of carbonyl (C=O) groups excluding carboxylic acids is 3. The molecule has 2 amide bonds. The fourth-order valence-corrected chi connectivity index (χ4v) is 3.64. The van der Waals surface area contributed by atoms with Crippen LogP contribution in [0.4, 0.5) is 11.5 Å². The van der Waals surface area contributed by atoms with Crippen molar-refractivity contribution in [2.75, 3.05) is 30.3 Å². The number of rotatable bonds is 6. The summed E-state index contributed by atoms with van der Waals surface area (Å²) in [5.74, 6) is -1.03. The zero-order chi connectivity index (χ0) is 24.8. The highest BCUT2D eigenvalue weighted by atomic mass is 35.5. The average Bonchev–Trinajstić information content (AvgIpc) is 3.15. The number of pyridine rings is 1. The molecule has 1 aliphatic rings. The SMILES string of the molecule is CC(=O)c1ccc(NC(=O)c2cnc(C3CNCCCN3)cn2)c(C(=O)Nc2ccc(Cl)cn2)c1. The number of aromatic nitrogens is 3. The van der Waals surface area contributed by atoms with Crippen LogP contribution in [0.5, 0.6) is 0 Å². The van der Waals surface area contributed by atoms with Crippen LogP contribution in [-0.2, 0) is 0 Å². The molecule has 35 heavy (non-hydrogen) atoms. The van der Waals surface area contributed by atoms with Crippen molar-refractivity contribution in [3.63, 3.8) is 0 Å². The number of nitrogens with one attached hydrogen (secondary N) is 4. The van der Waals surface area contributed by atoms with Gasteiger partial charge in [-0.15, -0.1) is 0 Å². The molecule has 0 aliphatic carbocycles. The predicted molar refractivity (Wildman–Crippen MR) is 132 cm³/mol. The van der Waals surface area contributed by atoms with Crippen LogP contribution in [0.1, 0.15) is 56.3 Å². The van der Waals surface area contributed by atoms with Gasteiger partial charge in [0.1, 0.15) is 11.5 Å². The molecule has 1 atom stereocenters. The van der Waals surface area contributed by atoms with E-state index in [0.29, 0.717) is 10.6 Å². The van der Waals surface area contributed by atoms with Crippen molar-refractivity contribution in [3.05, 3.63) is 76.5 Å². The molecular weight excluding hydrogens is 470 g/mol. The lowest BCUT2D eigenvalue weighted by atomic mass is 10.0. The summed E-state index contributed by atoms with van der Waals surface area (Å²) in [7, 11) is 0. The number of hydrogen-bond donors (Lipinski definition) is 4. The summed E-state index contributed by atoms with van der Waals surface area (Å²) in [5.41, 5.74) is 1.47. The number of benzene rings is 1. The van der Waals surface area contributed by atoms with Crippen molar-refractivity contribution >= 4 is 40.7 Å². The molecule has 0 spiro atoms. The first kappa shape index (κ1) is 24.4. The third kappa shape index (κ3) is 6.24.